The van der Waals surface area contributed by atoms with Crippen molar-refractivity contribution >= 4 is 11.1 Å². The van der Waals surface area contributed by atoms with E-state index in [1.165, 1.54) is 6.08 Å². The molecule has 0 N–H and O–H groups in total. The third kappa shape index (κ3) is 3.85. The maximum absolute atomic E-state index is 9.51. The Bertz CT molecular complexity index is 76.9. The van der Waals surface area contributed by atoms with Crippen LogP contribution < -0.4 is 0 Å². The highest BCUT2D eigenvalue weighted by atomic mass is 32.2. The van der Waals surface area contributed by atoms with E-state index in [1.54, 1.807) is 6.92 Å². The van der Waals surface area contributed by atoms with Crippen LogP contribution in [0.3, 0.4) is 0 Å². The smallest absolute Gasteiger partial charge is 0.0158 e. The molecule has 6 heavy (non-hydrogen) atoms. The summed E-state index contributed by atoms with van der Waals surface area (Å²) in [5, 5.41) is 1.08. The summed E-state index contributed by atoms with van der Waals surface area (Å²) in [6, 6.07) is 0. The van der Waals surface area contributed by atoms with Gasteiger partial charge in [-0.15, -0.1) is 0 Å². The van der Waals surface area contributed by atoms with Crippen molar-refractivity contribution in [3.05, 3.63) is 11.5 Å². The molecule has 1 unspecified atom stereocenters. The lowest BCUT2D eigenvalue weighted by molar-refractivity contribution is 0.546. The minimum Gasteiger partial charge on any atom is -0.769 e. The molecule has 0 fully saturated rings. The van der Waals surface area contributed by atoms with Crippen LogP contribution >= 0.6 is 0 Å². The number of hydrogen-bond acceptors (Lipinski definition) is 2. The molecule has 0 rings (SSSR count). The lowest BCUT2D eigenvalue weighted by Gasteiger charge is -1.90. The van der Waals surface area contributed by atoms with Gasteiger partial charge in [0.15, 0.2) is 0 Å². The Hall–Kier alpha value is -0.150. The first-order valence-electron chi connectivity index (χ1n) is 1.48. The van der Waals surface area contributed by atoms with Gasteiger partial charge in [-0.05, 0) is 23.4 Å². The van der Waals surface area contributed by atoms with Crippen molar-refractivity contribution in [2.45, 2.75) is 6.92 Å². The first kappa shape index (κ1) is 5.85. The van der Waals surface area contributed by atoms with Crippen LogP contribution in [0.1, 0.15) is 6.92 Å². The Balaban J connectivity index is 3.30. The maximum Gasteiger partial charge on any atom is -0.0158 e. The zero-order valence-electron chi connectivity index (χ0n) is 3.38. The summed E-state index contributed by atoms with van der Waals surface area (Å²) in [6.45, 7) is 1.65. The lowest BCUT2D eigenvalue weighted by atomic mass is 10.8. The first-order valence-corrected chi connectivity index (χ1v) is 2.62. The molecule has 0 saturated carbocycles. The molecule has 0 bridgehead atoms. The zero-order chi connectivity index (χ0) is 4.99. The van der Waals surface area contributed by atoms with Gasteiger partial charge in [-0.1, -0.05) is 6.08 Å². The zero-order valence-corrected chi connectivity index (χ0v) is 4.20. The molecule has 3 heteroatoms. The van der Waals surface area contributed by atoms with E-state index in [2.05, 4.69) is 0 Å². The molecule has 0 heterocycles. The molecule has 0 radical (unpaired) electrons. The van der Waals surface area contributed by atoms with Crippen molar-refractivity contribution in [1.82, 2.24) is 0 Å². The van der Waals surface area contributed by atoms with Gasteiger partial charge in [-0.25, -0.2) is 0 Å². The van der Waals surface area contributed by atoms with E-state index in [1.807, 2.05) is 0 Å². The van der Waals surface area contributed by atoms with Crippen LogP contribution in [0.4, 0.5) is 0 Å². The van der Waals surface area contributed by atoms with Gasteiger partial charge in [-0.3, -0.25) is 4.21 Å². The SMILES string of the molecule is C/C=C\S(=O)[O-]. The Morgan fingerprint density at radius 1 is 1.83 bits per heavy atom. The topological polar surface area (TPSA) is 40.1 Å². The summed E-state index contributed by atoms with van der Waals surface area (Å²) in [6.07, 6.45) is 1.46. The molecule has 2 nitrogen and oxygen atoms in total. The lowest BCUT2D eigenvalue weighted by Crippen LogP contribution is -1.73. The largest absolute Gasteiger partial charge is 0.769 e. The van der Waals surface area contributed by atoms with E-state index in [9.17, 15) is 8.76 Å². The van der Waals surface area contributed by atoms with Crippen LogP contribution in [-0.2, 0) is 11.1 Å². The Kier molecular flexibility index (Phi) is 2.98. The second kappa shape index (κ2) is 3.06. The third-order valence-corrected chi connectivity index (χ3v) is 0.742. The Morgan fingerprint density at radius 3 is 2.33 bits per heavy atom. The molecular weight excluding hydrogens is 100 g/mol. The van der Waals surface area contributed by atoms with Crippen LogP contribution in [0.25, 0.3) is 0 Å². The van der Waals surface area contributed by atoms with Crippen LogP contribution in [-0.4, -0.2) is 8.76 Å². The molecule has 36 valence electrons. The van der Waals surface area contributed by atoms with Gasteiger partial charge in [0.25, 0.3) is 0 Å². The van der Waals surface area contributed by atoms with Gasteiger partial charge >= 0.3 is 0 Å². The van der Waals surface area contributed by atoms with Crippen molar-refractivity contribution in [3.63, 3.8) is 0 Å². The van der Waals surface area contributed by atoms with Gasteiger partial charge in [0.05, 0.1) is 0 Å². The standard InChI is InChI=1S/C3H6O2S/c1-2-3-6(4)5/h2-3H,1H3,(H,4,5)/p-1/b3-2-. The first-order chi connectivity index (χ1) is 2.77. The summed E-state index contributed by atoms with van der Waals surface area (Å²) >= 11 is -2.00. The molecule has 1 atom stereocenters. The summed E-state index contributed by atoms with van der Waals surface area (Å²) in [4.78, 5) is 0. The van der Waals surface area contributed by atoms with E-state index in [0.29, 0.717) is 0 Å². The van der Waals surface area contributed by atoms with Crippen molar-refractivity contribution in [2.75, 3.05) is 0 Å². The monoisotopic (exact) mass is 105 g/mol. The second-order valence-corrected chi connectivity index (χ2v) is 1.52. The average Bonchev–Trinajstić information content (AvgIpc) is 1.35. The fourth-order valence-electron chi connectivity index (χ4n) is 0.111. The van der Waals surface area contributed by atoms with Gasteiger partial charge < -0.3 is 4.55 Å². The molecule has 0 aromatic rings. The molecule has 0 amide bonds. The Morgan fingerprint density at radius 2 is 2.33 bits per heavy atom. The van der Waals surface area contributed by atoms with Crippen LogP contribution in [0.5, 0.6) is 0 Å². The molecule has 0 aliphatic heterocycles. The predicted molar refractivity (Wildman–Crippen MR) is 23.7 cm³/mol. The second-order valence-electron chi connectivity index (χ2n) is 0.730. The molecular formula is C3H5O2S-. The van der Waals surface area contributed by atoms with E-state index in [-0.39, 0.29) is 0 Å². The fourth-order valence-corrected chi connectivity index (χ4v) is 0.333. The van der Waals surface area contributed by atoms with E-state index >= 15 is 0 Å². The molecule has 0 saturated heterocycles. The van der Waals surface area contributed by atoms with Crippen molar-refractivity contribution < 1.29 is 8.76 Å². The number of allylic oxidation sites excluding steroid dienone is 1. The highest BCUT2D eigenvalue weighted by molar-refractivity contribution is 7.82. The predicted octanol–water partition coefficient (Wildman–Crippen LogP) is 0.399. The minimum absolute atomic E-state index is 1.08. The van der Waals surface area contributed by atoms with Gasteiger partial charge in [0.1, 0.15) is 0 Å². The van der Waals surface area contributed by atoms with Gasteiger partial charge in [-0.2, -0.15) is 0 Å². The molecule has 0 spiro atoms. The minimum atomic E-state index is -2.00. The number of hydrogen-bond donors (Lipinski definition) is 0. The van der Waals surface area contributed by atoms with Crippen molar-refractivity contribution in [2.24, 2.45) is 0 Å². The summed E-state index contributed by atoms with van der Waals surface area (Å²) in [5.74, 6) is 0. The fraction of sp³-hybridized carbons (Fsp3) is 0.333. The number of rotatable bonds is 1. The van der Waals surface area contributed by atoms with Crippen molar-refractivity contribution in [3.8, 4) is 0 Å². The van der Waals surface area contributed by atoms with Crippen LogP contribution in [0.15, 0.2) is 11.5 Å². The molecule has 0 aromatic heterocycles. The highest BCUT2D eigenvalue weighted by Crippen LogP contribution is 1.72. The molecule has 0 aromatic carbocycles. The normalized spacial score (nSPS) is 15.7. The highest BCUT2D eigenvalue weighted by Gasteiger charge is 1.58. The van der Waals surface area contributed by atoms with Gasteiger partial charge in [0.2, 0.25) is 0 Å². The van der Waals surface area contributed by atoms with Crippen LogP contribution in [0.2, 0.25) is 0 Å². The van der Waals surface area contributed by atoms with E-state index in [0.717, 1.165) is 5.41 Å². The molecule has 0 aliphatic carbocycles. The van der Waals surface area contributed by atoms with Gasteiger partial charge in [0, 0.05) is 0 Å². The molecule has 0 aliphatic rings. The van der Waals surface area contributed by atoms with Crippen LogP contribution in [0, 0.1) is 0 Å². The van der Waals surface area contributed by atoms with Crippen molar-refractivity contribution in [1.29, 1.82) is 0 Å². The summed E-state index contributed by atoms with van der Waals surface area (Å²) in [7, 11) is 0. The quantitative estimate of drug-likeness (QED) is 0.453. The van der Waals surface area contributed by atoms with E-state index < -0.39 is 11.1 Å². The summed E-state index contributed by atoms with van der Waals surface area (Å²) < 4.78 is 19.0. The maximum atomic E-state index is 9.51. The average molecular weight is 105 g/mol. The Labute approximate surface area is 39.2 Å². The summed E-state index contributed by atoms with van der Waals surface area (Å²) in [5.41, 5.74) is 0. The van der Waals surface area contributed by atoms with E-state index in [4.69, 9.17) is 0 Å². The third-order valence-electron chi connectivity index (χ3n) is 0.247.